The van der Waals surface area contributed by atoms with Crippen molar-refractivity contribution in [3.05, 3.63) is 0 Å². The van der Waals surface area contributed by atoms with Crippen LogP contribution in [0.2, 0.25) is 0 Å². The molecule has 0 fully saturated rings. The van der Waals surface area contributed by atoms with Crippen molar-refractivity contribution in [1.82, 2.24) is 5.32 Å². The summed E-state index contributed by atoms with van der Waals surface area (Å²) < 4.78 is 5.41. The smallest absolute Gasteiger partial charge is 0.307 e. The van der Waals surface area contributed by atoms with E-state index in [1.54, 1.807) is 6.92 Å². The average Bonchev–Trinajstić information content (AvgIpc) is 2.26. The molecule has 16 heavy (non-hydrogen) atoms. The zero-order chi connectivity index (χ0) is 12.4. The summed E-state index contributed by atoms with van der Waals surface area (Å²) in [5.41, 5.74) is 0. The van der Waals surface area contributed by atoms with Crippen LogP contribution >= 0.6 is 0 Å². The number of rotatable bonds is 10. The van der Waals surface area contributed by atoms with Crippen molar-refractivity contribution in [3.8, 4) is 0 Å². The van der Waals surface area contributed by atoms with Gasteiger partial charge in [-0.1, -0.05) is 20.3 Å². The Morgan fingerprint density at radius 1 is 1.31 bits per heavy atom. The number of hydrogen-bond acceptors (Lipinski definition) is 3. The van der Waals surface area contributed by atoms with Crippen LogP contribution in [0.1, 0.15) is 40.0 Å². The molecule has 0 aliphatic rings. The molecule has 2 unspecified atom stereocenters. The molecule has 0 aromatic heterocycles. The number of hydrogen-bond donors (Lipinski definition) is 2. The lowest BCUT2D eigenvalue weighted by Gasteiger charge is -2.17. The zero-order valence-electron chi connectivity index (χ0n) is 10.7. The quantitative estimate of drug-likeness (QED) is 0.564. The maximum atomic E-state index is 10.7. The monoisotopic (exact) mass is 231 g/mol. The van der Waals surface area contributed by atoms with Gasteiger partial charge in [-0.25, -0.2) is 0 Å². The van der Waals surface area contributed by atoms with E-state index in [1.807, 2.05) is 6.92 Å². The van der Waals surface area contributed by atoms with Gasteiger partial charge in [-0.2, -0.15) is 0 Å². The SMILES string of the molecule is CCCCOCCCNC(C)C(C)C(=O)O. The Morgan fingerprint density at radius 2 is 1.94 bits per heavy atom. The van der Waals surface area contributed by atoms with Crippen molar-refractivity contribution >= 4 is 5.97 Å². The van der Waals surface area contributed by atoms with E-state index in [0.29, 0.717) is 0 Å². The summed E-state index contributed by atoms with van der Waals surface area (Å²) in [7, 11) is 0. The molecule has 4 heteroatoms. The van der Waals surface area contributed by atoms with Crippen LogP contribution in [0.15, 0.2) is 0 Å². The Kier molecular flexibility index (Phi) is 9.24. The summed E-state index contributed by atoms with van der Waals surface area (Å²) in [6.45, 7) is 8.15. The predicted octanol–water partition coefficient (Wildman–Crippen LogP) is 1.89. The van der Waals surface area contributed by atoms with E-state index in [0.717, 1.165) is 39.0 Å². The first-order chi connectivity index (χ1) is 7.59. The summed E-state index contributed by atoms with van der Waals surface area (Å²) >= 11 is 0. The van der Waals surface area contributed by atoms with Gasteiger partial charge in [0.2, 0.25) is 0 Å². The van der Waals surface area contributed by atoms with Gasteiger partial charge in [0.15, 0.2) is 0 Å². The lowest BCUT2D eigenvalue weighted by molar-refractivity contribution is -0.141. The van der Waals surface area contributed by atoms with E-state index in [2.05, 4.69) is 12.2 Å². The molecule has 0 saturated heterocycles. The van der Waals surface area contributed by atoms with Crippen LogP contribution in [-0.2, 0) is 9.53 Å². The first-order valence-corrected chi connectivity index (χ1v) is 6.13. The number of nitrogens with one attached hydrogen (secondary N) is 1. The molecule has 96 valence electrons. The first-order valence-electron chi connectivity index (χ1n) is 6.13. The van der Waals surface area contributed by atoms with Crippen LogP contribution < -0.4 is 5.32 Å². The lowest BCUT2D eigenvalue weighted by Crippen LogP contribution is -2.37. The van der Waals surface area contributed by atoms with Gasteiger partial charge < -0.3 is 15.2 Å². The number of unbranched alkanes of at least 4 members (excludes halogenated alkanes) is 1. The second kappa shape index (κ2) is 9.60. The van der Waals surface area contributed by atoms with Crippen LogP contribution in [0, 0.1) is 5.92 Å². The number of ether oxygens (including phenoxy) is 1. The molecule has 2 atom stereocenters. The summed E-state index contributed by atoms with van der Waals surface area (Å²) in [5.74, 6) is -1.10. The normalized spacial score (nSPS) is 14.7. The van der Waals surface area contributed by atoms with E-state index in [1.165, 1.54) is 0 Å². The minimum absolute atomic E-state index is 0.00754. The highest BCUT2D eigenvalue weighted by atomic mass is 16.5. The van der Waals surface area contributed by atoms with Crippen LogP contribution in [0.5, 0.6) is 0 Å². The highest BCUT2D eigenvalue weighted by molar-refractivity contribution is 5.70. The fourth-order valence-electron chi connectivity index (χ4n) is 1.24. The van der Waals surface area contributed by atoms with Crippen LogP contribution in [0.25, 0.3) is 0 Å². The van der Waals surface area contributed by atoms with Crippen molar-refractivity contribution < 1.29 is 14.6 Å². The number of carboxylic acid groups (broad SMARTS) is 1. The topological polar surface area (TPSA) is 58.6 Å². The lowest BCUT2D eigenvalue weighted by atomic mass is 10.0. The van der Waals surface area contributed by atoms with Crippen molar-refractivity contribution in [3.63, 3.8) is 0 Å². The second-order valence-electron chi connectivity index (χ2n) is 4.19. The van der Waals surface area contributed by atoms with Crippen molar-refractivity contribution in [2.24, 2.45) is 5.92 Å². The van der Waals surface area contributed by atoms with Gasteiger partial charge in [0, 0.05) is 19.3 Å². The third kappa shape index (κ3) is 7.65. The molecule has 0 aromatic carbocycles. The number of aliphatic carboxylic acids is 1. The van der Waals surface area contributed by atoms with E-state index in [-0.39, 0.29) is 12.0 Å². The van der Waals surface area contributed by atoms with Gasteiger partial charge in [0.05, 0.1) is 5.92 Å². The summed E-state index contributed by atoms with van der Waals surface area (Å²) in [6.07, 6.45) is 3.20. The largest absolute Gasteiger partial charge is 0.481 e. The Hall–Kier alpha value is -0.610. The third-order valence-electron chi connectivity index (χ3n) is 2.71. The Balaban J connectivity index is 3.34. The predicted molar refractivity (Wildman–Crippen MR) is 64.6 cm³/mol. The van der Waals surface area contributed by atoms with Crippen LogP contribution in [-0.4, -0.2) is 36.9 Å². The van der Waals surface area contributed by atoms with Crippen molar-refractivity contribution in [1.29, 1.82) is 0 Å². The van der Waals surface area contributed by atoms with E-state index in [9.17, 15) is 4.79 Å². The maximum Gasteiger partial charge on any atom is 0.307 e. The Morgan fingerprint density at radius 3 is 2.50 bits per heavy atom. The molecule has 0 aliphatic heterocycles. The zero-order valence-corrected chi connectivity index (χ0v) is 10.7. The molecule has 2 N–H and O–H groups in total. The van der Waals surface area contributed by atoms with Crippen LogP contribution in [0.3, 0.4) is 0 Å². The summed E-state index contributed by atoms with van der Waals surface area (Å²) in [5, 5.41) is 12.0. The van der Waals surface area contributed by atoms with Gasteiger partial charge in [-0.05, 0) is 26.3 Å². The highest BCUT2D eigenvalue weighted by Gasteiger charge is 2.17. The molecule has 0 saturated carbocycles. The maximum absolute atomic E-state index is 10.7. The average molecular weight is 231 g/mol. The molecule has 0 heterocycles. The van der Waals surface area contributed by atoms with Crippen molar-refractivity contribution in [2.45, 2.75) is 46.1 Å². The van der Waals surface area contributed by atoms with Crippen LogP contribution in [0.4, 0.5) is 0 Å². The standard InChI is InChI=1S/C12H25NO3/c1-4-5-8-16-9-6-7-13-11(3)10(2)12(14)15/h10-11,13H,4-9H2,1-3H3,(H,14,15). The number of carboxylic acids is 1. The molecule has 0 bridgehead atoms. The van der Waals surface area contributed by atoms with Gasteiger partial charge in [-0.15, -0.1) is 0 Å². The molecule has 0 radical (unpaired) electrons. The van der Waals surface area contributed by atoms with Gasteiger partial charge >= 0.3 is 5.97 Å². The molecule has 0 amide bonds. The van der Waals surface area contributed by atoms with Gasteiger partial charge in [0.25, 0.3) is 0 Å². The first kappa shape index (κ1) is 15.4. The van der Waals surface area contributed by atoms with Gasteiger partial charge in [0.1, 0.15) is 0 Å². The molecule has 0 aromatic rings. The molecular formula is C12H25NO3. The summed E-state index contributed by atoms with van der Waals surface area (Å²) in [6, 6.07) is 0.00754. The fraction of sp³-hybridized carbons (Fsp3) is 0.917. The number of carbonyl (C=O) groups is 1. The van der Waals surface area contributed by atoms with E-state index in [4.69, 9.17) is 9.84 Å². The second-order valence-corrected chi connectivity index (χ2v) is 4.19. The van der Waals surface area contributed by atoms with Crippen molar-refractivity contribution in [2.75, 3.05) is 19.8 Å². The van der Waals surface area contributed by atoms with E-state index >= 15 is 0 Å². The fourth-order valence-corrected chi connectivity index (χ4v) is 1.24. The van der Waals surface area contributed by atoms with Gasteiger partial charge in [-0.3, -0.25) is 4.79 Å². The minimum Gasteiger partial charge on any atom is -0.481 e. The Labute approximate surface area is 98.4 Å². The highest BCUT2D eigenvalue weighted by Crippen LogP contribution is 2.01. The third-order valence-corrected chi connectivity index (χ3v) is 2.71. The molecule has 4 nitrogen and oxygen atoms in total. The molecule has 0 spiro atoms. The Bertz CT molecular complexity index is 185. The minimum atomic E-state index is -0.751. The van der Waals surface area contributed by atoms with E-state index < -0.39 is 5.97 Å². The molecule has 0 rings (SSSR count). The summed E-state index contributed by atoms with van der Waals surface area (Å²) in [4.78, 5) is 10.7. The molecular weight excluding hydrogens is 206 g/mol. The molecule has 0 aliphatic carbocycles.